The molecule has 0 aliphatic carbocycles. The second kappa shape index (κ2) is 5.65. The van der Waals surface area contributed by atoms with Gasteiger partial charge in [-0.3, -0.25) is 4.79 Å². The molecule has 1 aliphatic rings. The largest absolute Gasteiger partial charge is 0.493 e. The van der Waals surface area contributed by atoms with Crippen LogP contribution in [0.15, 0.2) is 29.1 Å². The third kappa shape index (κ3) is 2.95. The maximum Gasteiger partial charge on any atom is 0.262 e. The number of aromatic nitrogens is 2. The smallest absolute Gasteiger partial charge is 0.262 e. The summed E-state index contributed by atoms with van der Waals surface area (Å²) in [6.45, 7) is 1.35. The van der Waals surface area contributed by atoms with E-state index in [9.17, 15) is 14.3 Å². The topological polar surface area (TPSA) is 75.2 Å². The highest BCUT2D eigenvalue weighted by Crippen LogP contribution is 2.24. The monoisotopic (exact) mass is 290 g/mol. The average Bonchev–Trinajstić information content (AvgIpc) is 2.91. The second-order valence-electron chi connectivity index (χ2n) is 5.16. The molecule has 6 heteroatoms. The number of nitrogens with zero attached hydrogens (tertiary/aromatic N) is 1. The van der Waals surface area contributed by atoms with Crippen molar-refractivity contribution in [1.82, 2.24) is 9.97 Å². The zero-order valence-electron chi connectivity index (χ0n) is 11.3. The van der Waals surface area contributed by atoms with Gasteiger partial charge in [0.2, 0.25) is 5.88 Å². The summed E-state index contributed by atoms with van der Waals surface area (Å²) in [6.07, 6.45) is 1.46. The van der Waals surface area contributed by atoms with Gasteiger partial charge >= 0.3 is 0 Å². The van der Waals surface area contributed by atoms with Crippen molar-refractivity contribution in [2.45, 2.75) is 12.8 Å². The van der Waals surface area contributed by atoms with Crippen LogP contribution in [0.4, 0.5) is 4.39 Å². The number of benzene rings is 1. The summed E-state index contributed by atoms with van der Waals surface area (Å²) in [6, 6.07) is 5.50. The average molecular weight is 290 g/mol. The zero-order chi connectivity index (χ0) is 14.8. The van der Waals surface area contributed by atoms with Crippen molar-refractivity contribution in [3.63, 3.8) is 0 Å². The van der Waals surface area contributed by atoms with Crippen LogP contribution in [0.2, 0.25) is 0 Å². The minimum Gasteiger partial charge on any atom is -0.493 e. The van der Waals surface area contributed by atoms with Gasteiger partial charge in [0.1, 0.15) is 17.2 Å². The van der Waals surface area contributed by atoms with Crippen molar-refractivity contribution in [3.05, 3.63) is 46.3 Å². The van der Waals surface area contributed by atoms with Crippen LogP contribution >= 0.6 is 0 Å². The summed E-state index contributed by atoms with van der Waals surface area (Å²) in [5, 5.41) is 10.0. The van der Waals surface area contributed by atoms with Crippen LogP contribution in [0.3, 0.4) is 0 Å². The van der Waals surface area contributed by atoms with Crippen molar-refractivity contribution in [1.29, 1.82) is 0 Å². The molecule has 5 nitrogen and oxygen atoms in total. The lowest BCUT2D eigenvalue weighted by atomic mass is 10.0. The van der Waals surface area contributed by atoms with Crippen molar-refractivity contribution in [3.8, 4) is 17.0 Å². The molecule has 1 saturated heterocycles. The number of hydrogen-bond acceptors (Lipinski definition) is 4. The van der Waals surface area contributed by atoms with Crippen LogP contribution in [0.1, 0.15) is 12.2 Å². The summed E-state index contributed by atoms with van der Waals surface area (Å²) >= 11 is 0. The third-order valence-corrected chi connectivity index (χ3v) is 3.57. The maximum absolute atomic E-state index is 13.2. The Balaban J connectivity index is 1.94. The molecule has 1 aromatic heterocycles. The maximum atomic E-state index is 13.2. The fourth-order valence-electron chi connectivity index (χ4n) is 2.53. The molecule has 0 radical (unpaired) electrons. The quantitative estimate of drug-likeness (QED) is 0.904. The van der Waals surface area contributed by atoms with Crippen molar-refractivity contribution < 1.29 is 14.2 Å². The molecule has 1 unspecified atom stereocenters. The van der Waals surface area contributed by atoms with E-state index in [0.717, 1.165) is 6.42 Å². The number of aromatic hydroxyl groups is 1. The Morgan fingerprint density at radius 3 is 3.00 bits per heavy atom. The van der Waals surface area contributed by atoms with Crippen molar-refractivity contribution in [2.24, 2.45) is 5.92 Å². The van der Waals surface area contributed by atoms with Gasteiger partial charge in [-0.2, -0.15) is 4.98 Å². The van der Waals surface area contributed by atoms with Crippen LogP contribution in [-0.2, 0) is 11.2 Å². The van der Waals surface area contributed by atoms with Gasteiger partial charge < -0.3 is 14.8 Å². The van der Waals surface area contributed by atoms with E-state index >= 15 is 0 Å². The number of hydrogen-bond donors (Lipinski definition) is 2. The SMILES string of the molecule is O=c1[nH]c(CC2CCOC2)nc(O)c1-c1cccc(F)c1. The molecule has 0 bridgehead atoms. The summed E-state index contributed by atoms with van der Waals surface area (Å²) < 4.78 is 18.5. The van der Waals surface area contributed by atoms with Gasteiger partial charge in [-0.15, -0.1) is 0 Å². The van der Waals surface area contributed by atoms with E-state index in [4.69, 9.17) is 4.74 Å². The third-order valence-electron chi connectivity index (χ3n) is 3.57. The van der Waals surface area contributed by atoms with E-state index in [1.165, 1.54) is 18.2 Å². The predicted octanol–water partition coefficient (Wildman–Crippen LogP) is 1.86. The molecule has 3 rings (SSSR count). The lowest BCUT2D eigenvalue weighted by Crippen LogP contribution is -2.16. The molecule has 21 heavy (non-hydrogen) atoms. The highest BCUT2D eigenvalue weighted by molar-refractivity contribution is 5.67. The molecule has 1 fully saturated rings. The minimum absolute atomic E-state index is 0.0130. The van der Waals surface area contributed by atoms with Crippen LogP contribution in [-0.4, -0.2) is 28.3 Å². The molecular weight excluding hydrogens is 275 g/mol. The van der Waals surface area contributed by atoms with Crippen molar-refractivity contribution in [2.75, 3.05) is 13.2 Å². The summed E-state index contributed by atoms with van der Waals surface area (Å²) in [5.41, 5.74) is -0.181. The molecule has 110 valence electrons. The molecular formula is C15H15FN2O3. The fourth-order valence-corrected chi connectivity index (χ4v) is 2.53. The van der Waals surface area contributed by atoms with Crippen molar-refractivity contribution >= 4 is 0 Å². The Kier molecular flexibility index (Phi) is 3.70. The molecule has 1 aliphatic heterocycles. The molecule has 1 aromatic carbocycles. The Hall–Kier alpha value is -2.21. The normalized spacial score (nSPS) is 18.0. The Morgan fingerprint density at radius 1 is 1.48 bits per heavy atom. The molecule has 0 saturated carbocycles. The van der Waals surface area contributed by atoms with E-state index in [1.807, 2.05) is 0 Å². The number of halogens is 1. The van der Waals surface area contributed by atoms with Gasteiger partial charge in [-0.1, -0.05) is 12.1 Å². The highest BCUT2D eigenvalue weighted by atomic mass is 19.1. The first-order chi connectivity index (χ1) is 10.1. The number of aromatic amines is 1. The number of rotatable bonds is 3. The lowest BCUT2D eigenvalue weighted by molar-refractivity contribution is 0.185. The molecule has 0 spiro atoms. The Morgan fingerprint density at radius 2 is 2.33 bits per heavy atom. The summed E-state index contributed by atoms with van der Waals surface area (Å²) in [5.74, 6) is -0.127. The van der Waals surface area contributed by atoms with Crippen LogP contribution in [0, 0.1) is 11.7 Å². The standard InChI is InChI=1S/C15H15FN2O3/c16-11-3-1-2-10(7-11)13-14(19)17-12(18-15(13)20)6-9-4-5-21-8-9/h1-3,7,9H,4-6,8H2,(H2,17,18,19,20). The molecule has 2 N–H and O–H groups in total. The van der Waals surface area contributed by atoms with Crippen LogP contribution < -0.4 is 5.56 Å². The molecule has 0 amide bonds. The van der Waals surface area contributed by atoms with E-state index < -0.39 is 11.4 Å². The summed E-state index contributed by atoms with van der Waals surface area (Å²) in [4.78, 5) is 18.8. The van der Waals surface area contributed by atoms with Crippen LogP contribution in [0.5, 0.6) is 5.88 Å². The number of nitrogens with one attached hydrogen (secondary N) is 1. The van der Waals surface area contributed by atoms with Gasteiger partial charge in [0.25, 0.3) is 5.56 Å². The Bertz CT molecular complexity index is 708. The van der Waals surface area contributed by atoms with E-state index in [-0.39, 0.29) is 11.4 Å². The lowest BCUT2D eigenvalue weighted by Gasteiger charge is -2.09. The fraction of sp³-hybridized carbons (Fsp3) is 0.333. The van der Waals surface area contributed by atoms with E-state index in [1.54, 1.807) is 6.07 Å². The van der Waals surface area contributed by atoms with Gasteiger partial charge in [0, 0.05) is 19.6 Å². The molecule has 2 aromatic rings. The predicted molar refractivity (Wildman–Crippen MR) is 74.5 cm³/mol. The molecule has 2 heterocycles. The van der Waals surface area contributed by atoms with Gasteiger partial charge in [0.05, 0.1) is 0 Å². The van der Waals surface area contributed by atoms with E-state index in [2.05, 4.69) is 9.97 Å². The zero-order valence-corrected chi connectivity index (χ0v) is 11.3. The first-order valence-electron chi connectivity index (χ1n) is 6.79. The number of H-pyrrole nitrogens is 1. The highest BCUT2D eigenvalue weighted by Gasteiger charge is 2.19. The van der Waals surface area contributed by atoms with E-state index in [0.29, 0.717) is 36.9 Å². The van der Waals surface area contributed by atoms with Gasteiger partial charge in [-0.25, -0.2) is 4.39 Å². The summed E-state index contributed by atoms with van der Waals surface area (Å²) in [7, 11) is 0. The van der Waals surface area contributed by atoms with Crippen LogP contribution in [0.25, 0.3) is 11.1 Å². The van der Waals surface area contributed by atoms with Gasteiger partial charge in [-0.05, 0) is 30.0 Å². The second-order valence-corrected chi connectivity index (χ2v) is 5.16. The first kappa shape index (κ1) is 13.8. The molecule has 1 atom stereocenters. The number of ether oxygens (including phenoxy) is 1. The minimum atomic E-state index is -0.474. The van der Waals surface area contributed by atoms with Gasteiger partial charge in [0.15, 0.2) is 0 Å². The Labute approximate surface area is 120 Å². The first-order valence-corrected chi connectivity index (χ1v) is 6.79.